The summed E-state index contributed by atoms with van der Waals surface area (Å²) in [4.78, 5) is 9.31. The van der Waals surface area contributed by atoms with Crippen molar-refractivity contribution in [1.29, 1.82) is 0 Å². The van der Waals surface area contributed by atoms with Crippen LogP contribution in [0.15, 0.2) is 109 Å². The van der Waals surface area contributed by atoms with Crippen LogP contribution in [0.3, 0.4) is 0 Å². The highest BCUT2D eigenvalue weighted by Gasteiger charge is 2.21. The fourth-order valence-electron chi connectivity index (χ4n) is 3.89. The van der Waals surface area contributed by atoms with Gasteiger partial charge in [-0.3, -0.25) is 9.97 Å². The Labute approximate surface area is 178 Å². The SMILES string of the molecule is Cc1ccc(-c2ccccc2P(c2ccccc2)c2ccccc2)c2nccnc12. The molecule has 0 fully saturated rings. The lowest BCUT2D eigenvalue weighted by atomic mass is 10.0. The van der Waals surface area contributed by atoms with Crippen molar-refractivity contribution in [2.45, 2.75) is 6.92 Å². The van der Waals surface area contributed by atoms with Gasteiger partial charge in [-0.2, -0.15) is 0 Å². The van der Waals surface area contributed by atoms with Crippen molar-refractivity contribution in [3.05, 3.63) is 115 Å². The van der Waals surface area contributed by atoms with Crippen LogP contribution in [0.5, 0.6) is 0 Å². The molecule has 0 bridgehead atoms. The summed E-state index contributed by atoms with van der Waals surface area (Å²) in [6.07, 6.45) is 3.55. The molecule has 0 saturated carbocycles. The molecule has 1 heterocycles. The molecule has 30 heavy (non-hydrogen) atoms. The maximum atomic E-state index is 4.71. The zero-order chi connectivity index (χ0) is 20.3. The zero-order valence-corrected chi connectivity index (χ0v) is 17.6. The van der Waals surface area contributed by atoms with Crippen LogP contribution in [-0.4, -0.2) is 9.97 Å². The molecule has 2 nitrogen and oxygen atoms in total. The van der Waals surface area contributed by atoms with E-state index in [2.05, 4.69) is 109 Å². The van der Waals surface area contributed by atoms with Crippen LogP contribution in [0.25, 0.3) is 22.2 Å². The molecule has 3 heteroatoms. The Balaban J connectivity index is 1.78. The number of hydrogen-bond acceptors (Lipinski definition) is 2. The molecule has 0 aliphatic heterocycles. The van der Waals surface area contributed by atoms with Gasteiger partial charge in [0.25, 0.3) is 0 Å². The smallest absolute Gasteiger partial charge is 0.0967 e. The van der Waals surface area contributed by atoms with E-state index in [0.29, 0.717) is 0 Å². The first-order chi connectivity index (χ1) is 14.8. The number of rotatable bonds is 4. The summed E-state index contributed by atoms with van der Waals surface area (Å²) < 4.78 is 0. The van der Waals surface area contributed by atoms with Crippen molar-refractivity contribution in [3.8, 4) is 11.1 Å². The van der Waals surface area contributed by atoms with Crippen LogP contribution in [0.4, 0.5) is 0 Å². The highest BCUT2D eigenvalue weighted by Crippen LogP contribution is 2.38. The zero-order valence-electron chi connectivity index (χ0n) is 16.7. The summed E-state index contributed by atoms with van der Waals surface area (Å²) in [5, 5.41) is 4.02. The molecule has 5 aromatic rings. The second-order valence-corrected chi connectivity index (χ2v) is 9.39. The van der Waals surface area contributed by atoms with Crippen LogP contribution in [0, 0.1) is 6.92 Å². The van der Waals surface area contributed by atoms with E-state index in [9.17, 15) is 0 Å². The molecule has 0 spiro atoms. The van der Waals surface area contributed by atoms with Gasteiger partial charge in [-0.15, -0.1) is 0 Å². The van der Waals surface area contributed by atoms with Crippen molar-refractivity contribution in [1.82, 2.24) is 9.97 Å². The van der Waals surface area contributed by atoms with Crippen LogP contribution >= 0.6 is 7.92 Å². The van der Waals surface area contributed by atoms with Crippen LogP contribution in [0.2, 0.25) is 0 Å². The lowest BCUT2D eigenvalue weighted by molar-refractivity contribution is 1.27. The van der Waals surface area contributed by atoms with Crippen molar-refractivity contribution in [3.63, 3.8) is 0 Å². The highest BCUT2D eigenvalue weighted by atomic mass is 31.1. The van der Waals surface area contributed by atoms with E-state index in [4.69, 9.17) is 4.98 Å². The van der Waals surface area contributed by atoms with Crippen molar-refractivity contribution in [2.75, 3.05) is 0 Å². The van der Waals surface area contributed by atoms with Gasteiger partial charge in [0.2, 0.25) is 0 Å². The third kappa shape index (κ3) is 3.40. The van der Waals surface area contributed by atoms with Gasteiger partial charge in [0.1, 0.15) is 0 Å². The Morgan fingerprint density at radius 1 is 0.533 bits per heavy atom. The normalized spacial score (nSPS) is 11.1. The first-order valence-corrected chi connectivity index (χ1v) is 11.4. The third-order valence-electron chi connectivity index (χ3n) is 5.29. The average Bonchev–Trinajstić information content (AvgIpc) is 2.82. The molecule has 5 rings (SSSR count). The van der Waals surface area contributed by atoms with Crippen molar-refractivity contribution < 1.29 is 0 Å². The Bertz CT molecular complexity index is 1260. The van der Waals surface area contributed by atoms with E-state index in [1.807, 2.05) is 0 Å². The molecule has 0 N–H and O–H groups in total. The summed E-state index contributed by atoms with van der Waals surface area (Å²) >= 11 is 0. The summed E-state index contributed by atoms with van der Waals surface area (Å²) in [6.45, 7) is 2.09. The van der Waals surface area contributed by atoms with Crippen molar-refractivity contribution in [2.24, 2.45) is 0 Å². The summed E-state index contributed by atoms with van der Waals surface area (Å²) in [7, 11) is -0.702. The highest BCUT2D eigenvalue weighted by molar-refractivity contribution is 7.80. The molecule has 0 unspecified atom stereocenters. The Kier molecular flexibility index (Phi) is 5.09. The molecule has 144 valence electrons. The Hall–Kier alpha value is -3.35. The largest absolute Gasteiger partial charge is 0.253 e. The van der Waals surface area contributed by atoms with E-state index in [1.54, 1.807) is 12.4 Å². The van der Waals surface area contributed by atoms with E-state index in [1.165, 1.54) is 21.5 Å². The quantitative estimate of drug-likeness (QED) is 0.377. The van der Waals surface area contributed by atoms with Gasteiger partial charge >= 0.3 is 0 Å². The topological polar surface area (TPSA) is 25.8 Å². The minimum atomic E-state index is -0.702. The molecule has 1 aromatic heterocycles. The molecule has 0 amide bonds. The van der Waals surface area contributed by atoms with E-state index in [0.717, 1.165) is 22.2 Å². The van der Waals surface area contributed by atoms with Crippen LogP contribution in [-0.2, 0) is 0 Å². The van der Waals surface area contributed by atoms with Gasteiger partial charge in [0, 0.05) is 18.0 Å². The standard InChI is InChI=1S/C27H21N2P/c1-20-16-17-24(27-26(20)28-18-19-29-27)23-14-8-9-15-25(23)30(21-10-4-2-5-11-21)22-12-6-3-7-13-22/h2-19H,1H3. The lowest BCUT2D eigenvalue weighted by Gasteiger charge is -2.23. The second-order valence-electron chi connectivity index (χ2n) is 7.21. The average molecular weight is 404 g/mol. The number of nitrogens with zero attached hydrogens (tertiary/aromatic N) is 2. The Morgan fingerprint density at radius 2 is 1.10 bits per heavy atom. The fourth-order valence-corrected chi connectivity index (χ4v) is 6.35. The van der Waals surface area contributed by atoms with Gasteiger partial charge in [-0.1, -0.05) is 97.1 Å². The Morgan fingerprint density at radius 3 is 1.77 bits per heavy atom. The number of fused-ring (bicyclic) bond motifs is 1. The van der Waals surface area contributed by atoms with Gasteiger partial charge in [-0.25, -0.2) is 0 Å². The molecule has 0 atom stereocenters. The number of hydrogen-bond donors (Lipinski definition) is 0. The van der Waals surface area contributed by atoms with Gasteiger partial charge in [0.15, 0.2) is 0 Å². The summed E-state index contributed by atoms with van der Waals surface area (Å²) in [5.41, 5.74) is 5.43. The number of benzene rings is 4. The molecule has 4 aromatic carbocycles. The molecule has 0 aliphatic carbocycles. The number of aryl methyl sites for hydroxylation is 1. The lowest BCUT2D eigenvalue weighted by Crippen LogP contribution is -2.22. The minimum absolute atomic E-state index is 0.702. The third-order valence-corrected chi connectivity index (χ3v) is 7.79. The van der Waals surface area contributed by atoms with E-state index >= 15 is 0 Å². The first-order valence-electron chi connectivity index (χ1n) is 10.0. The molecule has 0 aliphatic rings. The maximum Gasteiger partial charge on any atom is 0.0967 e. The molecular weight excluding hydrogens is 383 g/mol. The predicted octanol–water partition coefficient (Wildman–Crippen LogP) is 5.36. The van der Waals surface area contributed by atoms with E-state index < -0.39 is 7.92 Å². The van der Waals surface area contributed by atoms with Gasteiger partial charge in [-0.05, 0) is 41.9 Å². The maximum absolute atomic E-state index is 4.71. The minimum Gasteiger partial charge on any atom is -0.253 e. The molecule has 0 saturated heterocycles. The molecular formula is C27H21N2P. The monoisotopic (exact) mass is 404 g/mol. The van der Waals surface area contributed by atoms with Crippen molar-refractivity contribution >= 4 is 34.9 Å². The van der Waals surface area contributed by atoms with E-state index in [-0.39, 0.29) is 0 Å². The van der Waals surface area contributed by atoms with Crippen LogP contribution in [0.1, 0.15) is 5.56 Å². The fraction of sp³-hybridized carbons (Fsp3) is 0.0370. The van der Waals surface area contributed by atoms with Gasteiger partial charge < -0.3 is 0 Å². The van der Waals surface area contributed by atoms with Crippen LogP contribution < -0.4 is 15.9 Å². The second kappa shape index (κ2) is 8.18. The summed E-state index contributed by atoms with van der Waals surface area (Å²) in [5.74, 6) is 0. The molecule has 0 radical (unpaired) electrons. The first kappa shape index (κ1) is 18.7. The predicted molar refractivity (Wildman–Crippen MR) is 128 cm³/mol. The number of aromatic nitrogens is 2. The van der Waals surface area contributed by atoms with Gasteiger partial charge in [0.05, 0.1) is 11.0 Å². The summed E-state index contributed by atoms with van der Waals surface area (Å²) in [6, 6.07) is 34.7.